The molecule has 0 radical (unpaired) electrons. The van der Waals surface area contributed by atoms with Crippen molar-refractivity contribution in [1.29, 1.82) is 0 Å². The zero-order valence-corrected chi connectivity index (χ0v) is 11.4. The highest BCUT2D eigenvalue weighted by Gasteiger charge is 2.20. The summed E-state index contributed by atoms with van der Waals surface area (Å²) in [5.41, 5.74) is 7.66. The maximum Gasteiger partial charge on any atom is 0.141 e. The van der Waals surface area contributed by atoms with E-state index < -0.39 is 0 Å². The first-order valence-electron chi connectivity index (χ1n) is 5.78. The fraction of sp³-hybridized carbons (Fsp3) is 0.462. The van der Waals surface area contributed by atoms with Gasteiger partial charge in [0, 0.05) is 35.3 Å². The normalized spacial score (nSPS) is 15.2. The minimum absolute atomic E-state index is 0.0916. The predicted octanol–water partition coefficient (Wildman–Crippen LogP) is 2.09. The van der Waals surface area contributed by atoms with Gasteiger partial charge >= 0.3 is 0 Å². The topological polar surface area (TPSA) is 52.3 Å². The molecule has 0 bridgehead atoms. The van der Waals surface area contributed by atoms with Crippen LogP contribution in [0.15, 0.2) is 16.6 Å². The average Bonchev–Trinajstić information content (AvgIpc) is 2.75. The Balaban J connectivity index is 2.24. The van der Waals surface area contributed by atoms with Crippen molar-refractivity contribution in [3.05, 3.63) is 27.7 Å². The molecule has 2 rings (SSSR count). The van der Waals surface area contributed by atoms with Gasteiger partial charge in [0.2, 0.25) is 0 Å². The third-order valence-electron chi connectivity index (χ3n) is 3.09. The number of nitrogens with two attached hydrogens (primary N) is 1. The molecule has 3 nitrogen and oxygen atoms in total. The van der Waals surface area contributed by atoms with E-state index >= 15 is 0 Å². The minimum atomic E-state index is -0.0916. The summed E-state index contributed by atoms with van der Waals surface area (Å²) in [6.45, 7) is 2.97. The van der Waals surface area contributed by atoms with Crippen LogP contribution in [0.2, 0.25) is 0 Å². The van der Waals surface area contributed by atoms with Gasteiger partial charge < -0.3 is 10.5 Å². The fourth-order valence-corrected chi connectivity index (χ4v) is 2.52. The standard InChI is InChI=1S/C13H16BrNO2/c1-8(7-15)12(16)6-10-5-11(14)4-9-2-3-17-13(9)10/h4-5,8H,2-3,6-7,15H2,1H3. The number of ketones is 1. The van der Waals surface area contributed by atoms with E-state index in [9.17, 15) is 4.79 Å². The molecule has 0 amide bonds. The SMILES string of the molecule is CC(CN)C(=O)Cc1cc(Br)cc2c1OCC2. The Bertz CT molecular complexity index is 445. The molecule has 1 atom stereocenters. The Morgan fingerprint density at radius 2 is 2.35 bits per heavy atom. The number of halogens is 1. The first kappa shape index (κ1) is 12.6. The first-order valence-corrected chi connectivity index (χ1v) is 6.58. The molecule has 2 N–H and O–H groups in total. The summed E-state index contributed by atoms with van der Waals surface area (Å²) in [4.78, 5) is 11.9. The minimum Gasteiger partial charge on any atom is -0.493 e. The summed E-state index contributed by atoms with van der Waals surface area (Å²) in [5.74, 6) is 0.972. The number of ether oxygens (including phenoxy) is 1. The number of hydrogen-bond donors (Lipinski definition) is 1. The molecule has 4 heteroatoms. The van der Waals surface area contributed by atoms with E-state index in [4.69, 9.17) is 10.5 Å². The number of Topliss-reactive ketones (excluding diaryl/α,β-unsaturated/α-hetero) is 1. The van der Waals surface area contributed by atoms with Crippen LogP contribution in [0.5, 0.6) is 5.75 Å². The van der Waals surface area contributed by atoms with Crippen LogP contribution in [0.3, 0.4) is 0 Å². The molecular formula is C13H16BrNO2. The predicted molar refractivity (Wildman–Crippen MR) is 70.3 cm³/mol. The van der Waals surface area contributed by atoms with Crippen LogP contribution >= 0.6 is 15.9 Å². The van der Waals surface area contributed by atoms with Crippen LogP contribution < -0.4 is 10.5 Å². The molecule has 0 aliphatic carbocycles. The smallest absolute Gasteiger partial charge is 0.141 e. The zero-order chi connectivity index (χ0) is 12.4. The van der Waals surface area contributed by atoms with Gasteiger partial charge in [-0.1, -0.05) is 22.9 Å². The molecule has 1 aliphatic heterocycles. The van der Waals surface area contributed by atoms with Gasteiger partial charge in [-0.25, -0.2) is 0 Å². The Labute approximate surface area is 109 Å². The van der Waals surface area contributed by atoms with Crippen LogP contribution in [0.1, 0.15) is 18.1 Å². The molecule has 1 heterocycles. The molecule has 1 unspecified atom stereocenters. The lowest BCUT2D eigenvalue weighted by atomic mass is 9.97. The second kappa shape index (κ2) is 5.19. The summed E-state index contributed by atoms with van der Waals surface area (Å²) >= 11 is 3.47. The van der Waals surface area contributed by atoms with E-state index in [2.05, 4.69) is 22.0 Å². The Morgan fingerprint density at radius 3 is 3.06 bits per heavy atom. The van der Waals surface area contributed by atoms with Crippen molar-refractivity contribution in [1.82, 2.24) is 0 Å². The van der Waals surface area contributed by atoms with Crippen molar-refractivity contribution < 1.29 is 9.53 Å². The van der Waals surface area contributed by atoms with Crippen LogP contribution in [0, 0.1) is 5.92 Å². The quantitative estimate of drug-likeness (QED) is 0.926. The molecule has 0 aromatic heterocycles. The third-order valence-corrected chi connectivity index (χ3v) is 3.55. The highest BCUT2D eigenvalue weighted by Crippen LogP contribution is 2.33. The fourth-order valence-electron chi connectivity index (χ4n) is 1.97. The average molecular weight is 298 g/mol. The molecule has 92 valence electrons. The molecule has 0 spiro atoms. The molecule has 0 fully saturated rings. The van der Waals surface area contributed by atoms with Gasteiger partial charge in [0.05, 0.1) is 6.61 Å². The first-order chi connectivity index (χ1) is 8.11. The van der Waals surface area contributed by atoms with E-state index in [1.807, 2.05) is 13.0 Å². The van der Waals surface area contributed by atoms with Crippen LogP contribution in [0.4, 0.5) is 0 Å². The van der Waals surface area contributed by atoms with Crippen molar-refractivity contribution in [2.24, 2.45) is 11.7 Å². The second-order valence-electron chi connectivity index (χ2n) is 4.43. The summed E-state index contributed by atoms with van der Waals surface area (Å²) in [6.07, 6.45) is 1.32. The molecular weight excluding hydrogens is 282 g/mol. The van der Waals surface area contributed by atoms with Gasteiger partial charge in [-0.3, -0.25) is 4.79 Å². The second-order valence-corrected chi connectivity index (χ2v) is 5.35. The van der Waals surface area contributed by atoms with Crippen molar-refractivity contribution >= 4 is 21.7 Å². The maximum atomic E-state index is 11.9. The number of carbonyl (C=O) groups is 1. The van der Waals surface area contributed by atoms with Crippen molar-refractivity contribution in [3.8, 4) is 5.75 Å². The van der Waals surface area contributed by atoms with Gasteiger partial charge in [-0.15, -0.1) is 0 Å². The Kier molecular flexibility index (Phi) is 3.84. The molecule has 1 aromatic rings. The largest absolute Gasteiger partial charge is 0.493 e. The van der Waals surface area contributed by atoms with Gasteiger partial charge in [0.25, 0.3) is 0 Å². The van der Waals surface area contributed by atoms with Crippen molar-refractivity contribution in [3.63, 3.8) is 0 Å². The summed E-state index contributed by atoms with van der Waals surface area (Å²) in [7, 11) is 0. The van der Waals surface area contributed by atoms with Crippen molar-refractivity contribution in [2.75, 3.05) is 13.2 Å². The molecule has 0 saturated carbocycles. The lowest BCUT2D eigenvalue weighted by molar-refractivity contribution is -0.121. The monoisotopic (exact) mass is 297 g/mol. The molecule has 1 aliphatic rings. The van der Waals surface area contributed by atoms with E-state index in [1.54, 1.807) is 0 Å². The molecule has 1 aromatic carbocycles. The Hall–Kier alpha value is -0.870. The summed E-state index contributed by atoms with van der Waals surface area (Å²) in [6, 6.07) is 4.02. The zero-order valence-electron chi connectivity index (χ0n) is 9.83. The molecule has 17 heavy (non-hydrogen) atoms. The number of rotatable bonds is 4. The Morgan fingerprint density at radius 1 is 1.59 bits per heavy atom. The van der Waals surface area contributed by atoms with Gasteiger partial charge in [-0.05, 0) is 17.7 Å². The van der Waals surface area contributed by atoms with Crippen molar-refractivity contribution in [2.45, 2.75) is 19.8 Å². The number of hydrogen-bond acceptors (Lipinski definition) is 3. The van der Waals surface area contributed by atoms with E-state index in [1.165, 1.54) is 5.56 Å². The maximum absolute atomic E-state index is 11.9. The third kappa shape index (κ3) is 2.69. The summed E-state index contributed by atoms with van der Waals surface area (Å²) < 4.78 is 6.60. The van der Waals surface area contributed by atoms with Gasteiger partial charge in [0.1, 0.15) is 11.5 Å². The van der Waals surface area contributed by atoms with E-state index in [0.717, 1.165) is 22.2 Å². The summed E-state index contributed by atoms with van der Waals surface area (Å²) in [5, 5.41) is 0. The van der Waals surface area contributed by atoms with Gasteiger partial charge in [0.15, 0.2) is 0 Å². The van der Waals surface area contributed by atoms with E-state index in [0.29, 0.717) is 19.6 Å². The number of fused-ring (bicyclic) bond motifs is 1. The number of benzene rings is 1. The molecule has 0 saturated heterocycles. The lowest BCUT2D eigenvalue weighted by Crippen LogP contribution is -2.22. The van der Waals surface area contributed by atoms with Gasteiger partial charge in [-0.2, -0.15) is 0 Å². The van der Waals surface area contributed by atoms with Crippen LogP contribution in [0.25, 0.3) is 0 Å². The van der Waals surface area contributed by atoms with Crippen LogP contribution in [-0.2, 0) is 17.6 Å². The van der Waals surface area contributed by atoms with E-state index in [-0.39, 0.29) is 11.7 Å². The number of carbonyl (C=O) groups excluding carboxylic acids is 1. The lowest BCUT2D eigenvalue weighted by Gasteiger charge is -2.11. The van der Waals surface area contributed by atoms with Crippen LogP contribution in [-0.4, -0.2) is 18.9 Å². The highest BCUT2D eigenvalue weighted by molar-refractivity contribution is 9.10. The highest BCUT2D eigenvalue weighted by atomic mass is 79.9.